The largest absolute Gasteiger partial charge is 0.188 e. The van der Waals surface area contributed by atoms with Gasteiger partial charge in [0.05, 0.1) is 0 Å². The second kappa shape index (κ2) is 2.59. The highest BCUT2D eigenvalue weighted by Gasteiger charge is 1.79. The fourth-order valence-corrected chi connectivity index (χ4v) is 1.01. The van der Waals surface area contributed by atoms with Crippen molar-refractivity contribution in [3.8, 4) is 11.7 Å². The highest BCUT2D eigenvalue weighted by Crippen LogP contribution is 2.02. The molecule has 0 aromatic carbocycles. The number of hydrogen-bond donors (Lipinski definition) is 0. The molecule has 0 N–H and O–H groups in total. The normalized spacial score (nSPS) is 7.50. The Balaban J connectivity index is 2.88. The van der Waals surface area contributed by atoms with Crippen molar-refractivity contribution in [2.75, 3.05) is 0 Å². The molecule has 0 bridgehead atoms. The lowest BCUT2D eigenvalue weighted by Crippen LogP contribution is -1.60. The summed E-state index contributed by atoms with van der Waals surface area (Å²) >= 11 is 1.62. The highest BCUT2D eigenvalue weighted by atomic mass is 32.1. The Hall–Kier alpha value is -0.675. The maximum absolute atomic E-state index is 4.96. The number of hydrogen-bond acceptors (Lipinski definition) is 1. The van der Waals surface area contributed by atoms with Crippen LogP contribution < -0.4 is 0 Å². The average Bonchev–Trinajstić information content (AvgIpc) is 2.19. The molecule has 1 aromatic heterocycles. The third-order valence-corrected chi connectivity index (χ3v) is 1.42. The SMILES string of the molecule is [B]C#Cc1ccsc1. The van der Waals surface area contributed by atoms with E-state index in [0.717, 1.165) is 5.56 Å². The molecule has 1 rings (SSSR count). The van der Waals surface area contributed by atoms with Crippen molar-refractivity contribution >= 4 is 19.2 Å². The molecule has 2 radical (unpaired) electrons. The van der Waals surface area contributed by atoms with Crippen LogP contribution >= 0.6 is 11.3 Å². The molecule has 0 aliphatic rings. The summed E-state index contributed by atoms with van der Waals surface area (Å²) in [6.07, 6.45) is 0. The lowest BCUT2D eigenvalue weighted by atomic mass is 10.1. The van der Waals surface area contributed by atoms with Gasteiger partial charge in [0, 0.05) is 10.9 Å². The molecule has 8 heavy (non-hydrogen) atoms. The monoisotopic (exact) mass is 118 g/mol. The summed E-state index contributed by atoms with van der Waals surface area (Å²) in [4.78, 5) is 0. The van der Waals surface area contributed by atoms with Crippen LogP contribution in [0.15, 0.2) is 16.8 Å². The van der Waals surface area contributed by atoms with Crippen LogP contribution in [0.2, 0.25) is 0 Å². The van der Waals surface area contributed by atoms with Crippen molar-refractivity contribution in [2.45, 2.75) is 0 Å². The van der Waals surface area contributed by atoms with Crippen LogP contribution in [0.3, 0.4) is 0 Å². The van der Waals surface area contributed by atoms with E-state index in [2.05, 4.69) is 11.7 Å². The van der Waals surface area contributed by atoms with Crippen molar-refractivity contribution in [3.63, 3.8) is 0 Å². The molecular formula is C6H3BS. The van der Waals surface area contributed by atoms with E-state index in [1.165, 1.54) is 0 Å². The van der Waals surface area contributed by atoms with Gasteiger partial charge in [-0.2, -0.15) is 17.2 Å². The van der Waals surface area contributed by atoms with Gasteiger partial charge in [-0.15, -0.1) is 0 Å². The summed E-state index contributed by atoms with van der Waals surface area (Å²) in [5.41, 5.74) is 0.998. The molecule has 2 heteroatoms. The van der Waals surface area contributed by atoms with E-state index in [0.29, 0.717) is 0 Å². The van der Waals surface area contributed by atoms with Crippen LogP contribution in [0, 0.1) is 11.7 Å². The van der Waals surface area contributed by atoms with Crippen LogP contribution in [0.4, 0.5) is 0 Å². The minimum absolute atomic E-state index is 0.998. The van der Waals surface area contributed by atoms with Gasteiger partial charge in [-0.05, 0) is 11.4 Å². The second-order valence-electron chi connectivity index (χ2n) is 1.28. The average molecular weight is 118 g/mol. The molecule has 0 saturated carbocycles. The van der Waals surface area contributed by atoms with Gasteiger partial charge < -0.3 is 0 Å². The predicted octanol–water partition coefficient (Wildman–Crippen LogP) is 1.23. The fraction of sp³-hybridized carbons (Fsp3) is 0. The van der Waals surface area contributed by atoms with Crippen molar-refractivity contribution in [1.29, 1.82) is 0 Å². The molecule has 1 heterocycles. The Morgan fingerprint density at radius 2 is 2.50 bits per heavy atom. The van der Waals surface area contributed by atoms with Crippen molar-refractivity contribution < 1.29 is 0 Å². The molecule has 0 fully saturated rings. The Labute approximate surface area is 54.0 Å². The first-order valence-electron chi connectivity index (χ1n) is 2.17. The van der Waals surface area contributed by atoms with Gasteiger partial charge in [-0.1, -0.05) is 5.92 Å². The van der Waals surface area contributed by atoms with E-state index in [9.17, 15) is 0 Å². The van der Waals surface area contributed by atoms with Crippen LogP contribution in [0.5, 0.6) is 0 Å². The Kier molecular flexibility index (Phi) is 1.77. The quantitative estimate of drug-likeness (QED) is 0.355. The van der Waals surface area contributed by atoms with Crippen LogP contribution in [0.25, 0.3) is 0 Å². The summed E-state index contributed by atoms with van der Waals surface area (Å²) < 4.78 is 0. The van der Waals surface area contributed by atoms with Gasteiger partial charge in [-0.25, -0.2) is 0 Å². The number of rotatable bonds is 0. The molecule has 0 atom stereocenters. The zero-order chi connectivity index (χ0) is 5.82. The molecule has 0 unspecified atom stereocenters. The maximum Gasteiger partial charge on any atom is 0.188 e. The van der Waals surface area contributed by atoms with Crippen molar-refractivity contribution in [1.82, 2.24) is 0 Å². The first-order valence-corrected chi connectivity index (χ1v) is 3.11. The number of thiophene rings is 1. The highest BCUT2D eigenvalue weighted by molar-refractivity contribution is 7.08. The minimum atomic E-state index is 0.998. The smallest absolute Gasteiger partial charge is 0.167 e. The Morgan fingerprint density at radius 3 is 3.00 bits per heavy atom. The van der Waals surface area contributed by atoms with Gasteiger partial charge in [0.1, 0.15) is 0 Å². The molecule has 36 valence electrons. The zero-order valence-corrected chi connectivity index (χ0v) is 5.03. The zero-order valence-electron chi connectivity index (χ0n) is 4.22. The molecular weight excluding hydrogens is 115 g/mol. The predicted molar refractivity (Wildman–Crippen MR) is 37.0 cm³/mol. The van der Waals surface area contributed by atoms with E-state index in [1.807, 2.05) is 16.8 Å². The Bertz CT molecular complexity index is 202. The van der Waals surface area contributed by atoms with Crippen molar-refractivity contribution in [3.05, 3.63) is 22.4 Å². The van der Waals surface area contributed by atoms with E-state index in [-0.39, 0.29) is 0 Å². The minimum Gasteiger partial charge on any atom is -0.167 e. The van der Waals surface area contributed by atoms with Gasteiger partial charge in [-0.3, -0.25) is 0 Å². The van der Waals surface area contributed by atoms with E-state index in [1.54, 1.807) is 11.3 Å². The van der Waals surface area contributed by atoms with Crippen LogP contribution in [0.1, 0.15) is 5.56 Å². The molecule has 0 nitrogen and oxygen atoms in total. The Morgan fingerprint density at radius 1 is 1.62 bits per heavy atom. The third-order valence-electron chi connectivity index (χ3n) is 0.738. The lowest BCUT2D eigenvalue weighted by Gasteiger charge is -1.69. The standard InChI is InChI=1S/C6H3BS/c7-3-1-6-2-4-8-5-6/h2,4-5H. The van der Waals surface area contributed by atoms with E-state index < -0.39 is 0 Å². The first kappa shape index (κ1) is 5.46. The molecule has 0 aliphatic carbocycles. The molecule has 0 saturated heterocycles. The third kappa shape index (κ3) is 1.15. The van der Waals surface area contributed by atoms with Crippen molar-refractivity contribution in [2.24, 2.45) is 0 Å². The van der Waals surface area contributed by atoms with E-state index >= 15 is 0 Å². The molecule has 0 aliphatic heterocycles. The summed E-state index contributed by atoms with van der Waals surface area (Å²) in [6, 6.07) is 1.94. The maximum atomic E-state index is 4.96. The summed E-state index contributed by atoms with van der Waals surface area (Å²) in [5.74, 6) is 5.05. The summed E-state index contributed by atoms with van der Waals surface area (Å²) in [7, 11) is 4.96. The van der Waals surface area contributed by atoms with Gasteiger partial charge >= 0.3 is 0 Å². The van der Waals surface area contributed by atoms with Gasteiger partial charge in [0.25, 0.3) is 0 Å². The fourth-order valence-electron chi connectivity index (χ4n) is 0.419. The molecule has 0 amide bonds. The topological polar surface area (TPSA) is 0 Å². The second-order valence-corrected chi connectivity index (χ2v) is 2.06. The molecule has 1 aromatic rings. The summed E-state index contributed by atoms with van der Waals surface area (Å²) in [6.45, 7) is 0. The van der Waals surface area contributed by atoms with Crippen LogP contribution in [-0.2, 0) is 0 Å². The van der Waals surface area contributed by atoms with Crippen LogP contribution in [-0.4, -0.2) is 7.85 Å². The van der Waals surface area contributed by atoms with E-state index in [4.69, 9.17) is 7.85 Å². The first-order chi connectivity index (χ1) is 3.93. The van der Waals surface area contributed by atoms with Gasteiger partial charge in [0.2, 0.25) is 0 Å². The lowest BCUT2D eigenvalue weighted by molar-refractivity contribution is 1.87. The van der Waals surface area contributed by atoms with Gasteiger partial charge in [0.15, 0.2) is 7.85 Å². The molecule has 0 spiro atoms. The summed E-state index contributed by atoms with van der Waals surface area (Å²) in [5, 5.41) is 3.93.